The largest absolute Gasteiger partial charge is 0.495 e. The van der Waals surface area contributed by atoms with Crippen molar-refractivity contribution in [3.63, 3.8) is 0 Å². The van der Waals surface area contributed by atoms with Crippen molar-refractivity contribution in [3.05, 3.63) is 17.7 Å². The first-order valence-electron chi connectivity index (χ1n) is 6.70. The Hall–Kier alpha value is -1.31. The van der Waals surface area contributed by atoms with Gasteiger partial charge in [0, 0.05) is 18.8 Å². The van der Waals surface area contributed by atoms with Crippen LogP contribution in [0.5, 0.6) is 5.75 Å². The monoisotopic (exact) mass is 316 g/mol. The molecular weight excluding hydrogens is 292 g/mol. The molecule has 0 saturated carbocycles. The second-order valence-corrected chi connectivity index (χ2v) is 7.11. The van der Waals surface area contributed by atoms with Crippen LogP contribution in [0.4, 0.5) is 5.69 Å². The van der Waals surface area contributed by atoms with E-state index in [4.69, 9.17) is 15.2 Å². The molecule has 1 rings (SSSR count). The number of rotatable bonds is 7. The van der Waals surface area contributed by atoms with E-state index in [1.165, 1.54) is 13.2 Å². The Balaban J connectivity index is 3.06. The minimum Gasteiger partial charge on any atom is -0.495 e. The fraction of sp³-hybridized carbons (Fsp3) is 0.571. The van der Waals surface area contributed by atoms with E-state index < -0.39 is 15.6 Å². The number of methoxy groups -OCH3 is 1. The Bertz CT molecular complexity index is 597. The van der Waals surface area contributed by atoms with E-state index in [1.54, 1.807) is 13.0 Å². The van der Waals surface area contributed by atoms with E-state index in [2.05, 4.69) is 4.72 Å². The van der Waals surface area contributed by atoms with Crippen LogP contribution in [-0.4, -0.2) is 34.3 Å². The van der Waals surface area contributed by atoms with Crippen LogP contribution in [0, 0.1) is 6.92 Å². The molecule has 0 aliphatic heterocycles. The fourth-order valence-electron chi connectivity index (χ4n) is 1.84. The lowest BCUT2D eigenvalue weighted by molar-refractivity contribution is -0.00515. The summed E-state index contributed by atoms with van der Waals surface area (Å²) in [4.78, 5) is 0.0281. The molecule has 0 heterocycles. The van der Waals surface area contributed by atoms with Gasteiger partial charge in [0.2, 0.25) is 10.0 Å². The molecule has 7 heteroatoms. The van der Waals surface area contributed by atoms with E-state index in [0.29, 0.717) is 12.3 Å². The van der Waals surface area contributed by atoms with Crippen molar-refractivity contribution < 1.29 is 17.9 Å². The van der Waals surface area contributed by atoms with Gasteiger partial charge in [-0.15, -0.1) is 0 Å². The highest BCUT2D eigenvalue weighted by atomic mass is 32.2. The van der Waals surface area contributed by atoms with Gasteiger partial charge in [-0.05, 0) is 45.4 Å². The zero-order valence-corrected chi connectivity index (χ0v) is 14.0. The summed E-state index contributed by atoms with van der Waals surface area (Å²) in [5.41, 5.74) is 6.37. The Morgan fingerprint density at radius 3 is 2.48 bits per heavy atom. The number of nitrogens with two attached hydrogens (primary N) is 1. The maximum Gasteiger partial charge on any atom is 0.244 e. The zero-order valence-electron chi connectivity index (χ0n) is 13.2. The zero-order chi connectivity index (χ0) is 16.3. The molecule has 0 spiro atoms. The van der Waals surface area contributed by atoms with Gasteiger partial charge in [0.25, 0.3) is 0 Å². The molecule has 6 nitrogen and oxygen atoms in total. The van der Waals surface area contributed by atoms with Gasteiger partial charge in [-0.2, -0.15) is 0 Å². The molecule has 0 fully saturated rings. The van der Waals surface area contributed by atoms with Gasteiger partial charge in [0.1, 0.15) is 10.6 Å². The van der Waals surface area contributed by atoms with Crippen LogP contribution >= 0.6 is 0 Å². The topological polar surface area (TPSA) is 90.7 Å². The third-order valence-corrected chi connectivity index (χ3v) is 4.49. The number of sulfonamides is 1. The van der Waals surface area contributed by atoms with Crippen LogP contribution in [0.3, 0.4) is 0 Å². The predicted molar refractivity (Wildman–Crippen MR) is 83.0 cm³/mol. The highest BCUT2D eigenvalue weighted by molar-refractivity contribution is 7.89. The summed E-state index contributed by atoms with van der Waals surface area (Å²) in [6, 6.07) is 3.02. The molecule has 0 radical (unpaired) electrons. The number of hydrogen-bond acceptors (Lipinski definition) is 5. The van der Waals surface area contributed by atoms with Gasteiger partial charge in [0.05, 0.1) is 12.7 Å². The molecule has 0 amide bonds. The van der Waals surface area contributed by atoms with E-state index >= 15 is 0 Å². The van der Waals surface area contributed by atoms with Gasteiger partial charge in [-0.3, -0.25) is 0 Å². The second kappa shape index (κ2) is 6.64. The lowest BCUT2D eigenvalue weighted by Crippen LogP contribution is -2.40. The number of hydrogen-bond donors (Lipinski definition) is 2. The minimum absolute atomic E-state index is 0.0281. The normalized spacial score (nSPS) is 12.4. The molecule has 120 valence electrons. The molecule has 1 aromatic carbocycles. The van der Waals surface area contributed by atoms with Crippen LogP contribution in [-0.2, 0) is 14.8 Å². The van der Waals surface area contributed by atoms with Crippen molar-refractivity contribution in [2.24, 2.45) is 0 Å². The first kappa shape index (κ1) is 17.7. The third kappa shape index (κ3) is 4.59. The van der Waals surface area contributed by atoms with Crippen molar-refractivity contribution in [1.29, 1.82) is 0 Å². The first-order valence-corrected chi connectivity index (χ1v) is 8.19. The highest BCUT2D eigenvalue weighted by Crippen LogP contribution is 2.28. The van der Waals surface area contributed by atoms with Gasteiger partial charge >= 0.3 is 0 Å². The molecule has 3 N–H and O–H groups in total. The summed E-state index contributed by atoms with van der Waals surface area (Å²) >= 11 is 0. The summed E-state index contributed by atoms with van der Waals surface area (Å²) in [5, 5.41) is 0. The van der Waals surface area contributed by atoms with Gasteiger partial charge in [-0.25, -0.2) is 13.1 Å². The number of aryl methyl sites for hydroxylation is 1. The van der Waals surface area contributed by atoms with Gasteiger partial charge < -0.3 is 15.2 Å². The van der Waals surface area contributed by atoms with Gasteiger partial charge in [-0.1, -0.05) is 0 Å². The van der Waals surface area contributed by atoms with E-state index in [1.807, 2.05) is 20.8 Å². The maximum atomic E-state index is 12.4. The second-order valence-electron chi connectivity index (χ2n) is 5.38. The number of benzene rings is 1. The Kier molecular flexibility index (Phi) is 5.61. The molecule has 1 aromatic rings. The lowest BCUT2D eigenvalue weighted by atomic mass is 10.1. The number of anilines is 1. The van der Waals surface area contributed by atoms with Gasteiger partial charge in [0.15, 0.2) is 0 Å². The fourth-order valence-corrected chi connectivity index (χ4v) is 3.22. The molecule has 0 bridgehead atoms. The molecule has 0 aromatic heterocycles. The Labute approximate surface area is 126 Å². The third-order valence-electron chi connectivity index (χ3n) is 3.06. The first-order chi connectivity index (χ1) is 9.63. The summed E-state index contributed by atoms with van der Waals surface area (Å²) in [6.07, 6.45) is 0. The van der Waals surface area contributed by atoms with E-state index in [9.17, 15) is 8.42 Å². The number of ether oxygens (including phenoxy) is 2. The van der Waals surface area contributed by atoms with Crippen molar-refractivity contribution in [1.82, 2.24) is 4.72 Å². The smallest absolute Gasteiger partial charge is 0.244 e. The molecule has 0 aliphatic rings. The average Bonchev–Trinajstić information content (AvgIpc) is 2.39. The molecule has 0 saturated heterocycles. The quantitative estimate of drug-likeness (QED) is 0.747. The van der Waals surface area contributed by atoms with Crippen molar-refractivity contribution >= 4 is 15.7 Å². The number of nitrogens with one attached hydrogen (secondary N) is 1. The SMILES string of the molecule is CCOC(C)(C)CNS(=O)(=O)c1cc(N)c(C)cc1OC. The van der Waals surface area contributed by atoms with Crippen LogP contribution in [0.25, 0.3) is 0 Å². The summed E-state index contributed by atoms with van der Waals surface area (Å²) in [6.45, 7) is 7.95. The molecule has 21 heavy (non-hydrogen) atoms. The van der Waals surface area contributed by atoms with Crippen molar-refractivity contribution in [2.75, 3.05) is 26.0 Å². The highest BCUT2D eigenvalue weighted by Gasteiger charge is 2.25. The van der Waals surface area contributed by atoms with Crippen LogP contribution in [0.2, 0.25) is 0 Å². The molecule has 0 aliphatic carbocycles. The number of nitrogen functional groups attached to an aromatic ring is 1. The Morgan fingerprint density at radius 1 is 1.33 bits per heavy atom. The van der Waals surface area contributed by atoms with Crippen LogP contribution in [0.1, 0.15) is 26.3 Å². The van der Waals surface area contributed by atoms with Crippen LogP contribution < -0.4 is 15.2 Å². The van der Waals surface area contributed by atoms with Crippen LogP contribution in [0.15, 0.2) is 17.0 Å². The van der Waals surface area contributed by atoms with E-state index in [-0.39, 0.29) is 17.2 Å². The average molecular weight is 316 g/mol. The summed E-state index contributed by atoms with van der Waals surface area (Å²) in [5.74, 6) is 0.267. The predicted octanol–water partition coefficient (Wildman–Crippen LogP) is 1.68. The molecule has 0 unspecified atom stereocenters. The maximum absolute atomic E-state index is 12.4. The summed E-state index contributed by atoms with van der Waals surface area (Å²) < 4.78 is 38.0. The summed E-state index contributed by atoms with van der Waals surface area (Å²) in [7, 11) is -2.30. The van der Waals surface area contributed by atoms with E-state index in [0.717, 1.165) is 5.56 Å². The Morgan fingerprint density at radius 2 is 1.95 bits per heavy atom. The lowest BCUT2D eigenvalue weighted by Gasteiger charge is -2.25. The van der Waals surface area contributed by atoms with Crippen molar-refractivity contribution in [2.45, 2.75) is 38.2 Å². The molecule has 0 atom stereocenters. The molecular formula is C14H24N2O4S. The minimum atomic E-state index is -3.73. The van der Waals surface area contributed by atoms with Crippen molar-refractivity contribution in [3.8, 4) is 5.75 Å². The standard InChI is InChI=1S/C14H24N2O4S/c1-6-20-14(3,4)9-16-21(17,18)13-8-11(15)10(2)7-12(13)19-5/h7-8,16H,6,9,15H2,1-5H3.